The van der Waals surface area contributed by atoms with Crippen molar-refractivity contribution in [3.05, 3.63) is 35.4 Å². The van der Waals surface area contributed by atoms with E-state index in [0.29, 0.717) is 11.5 Å². The lowest BCUT2D eigenvalue weighted by molar-refractivity contribution is 0.229. The van der Waals surface area contributed by atoms with Crippen molar-refractivity contribution in [3.8, 4) is 0 Å². The highest BCUT2D eigenvalue weighted by Crippen LogP contribution is 2.38. The summed E-state index contributed by atoms with van der Waals surface area (Å²) in [6.45, 7) is 2.81. The van der Waals surface area contributed by atoms with Crippen molar-refractivity contribution in [1.82, 2.24) is 5.32 Å². The van der Waals surface area contributed by atoms with Gasteiger partial charge in [0.2, 0.25) is 0 Å². The molecule has 1 fully saturated rings. The van der Waals surface area contributed by atoms with Crippen LogP contribution in [0.25, 0.3) is 0 Å². The van der Waals surface area contributed by atoms with Crippen LogP contribution >= 0.6 is 0 Å². The lowest BCUT2D eigenvalue weighted by atomic mass is 9.77. The second kappa shape index (κ2) is 4.91. The third-order valence-corrected chi connectivity index (χ3v) is 3.34. The molecular formula is C13H17F2N. The minimum Gasteiger partial charge on any atom is -0.310 e. The second-order valence-electron chi connectivity index (χ2n) is 4.39. The molecule has 1 atom stereocenters. The highest BCUT2D eigenvalue weighted by molar-refractivity contribution is 5.23. The smallest absolute Gasteiger partial charge is 0.130 e. The van der Waals surface area contributed by atoms with Gasteiger partial charge in [-0.2, -0.15) is 0 Å². The molecule has 0 bridgehead atoms. The number of hydrogen-bond acceptors (Lipinski definition) is 1. The second-order valence-corrected chi connectivity index (χ2v) is 4.39. The van der Waals surface area contributed by atoms with E-state index in [4.69, 9.17) is 0 Å². The zero-order valence-corrected chi connectivity index (χ0v) is 9.47. The van der Waals surface area contributed by atoms with Crippen LogP contribution in [0.3, 0.4) is 0 Å². The van der Waals surface area contributed by atoms with Crippen molar-refractivity contribution in [2.45, 2.75) is 32.2 Å². The van der Waals surface area contributed by atoms with Crippen LogP contribution < -0.4 is 5.32 Å². The molecule has 0 aliphatic heterocycles. The van der Waals surface area contributed by atoms with Gasteiger partial charge < -0.3 is 5.32 Å². The van der Waals surface area contributed by atoms with Crippen molar-refractivity contribution in [2.24, 2.45) is 5.92 Å². The Bertz CT molecular complexity index is 361. The van der Waals surface area contributed by atoms with Gasteiger partial charge in [-0.15, -0.1) is 0 Å². The molecule has 1 nitrogen and oxygen atoms in total. The lowest BCUT2D eigenvalue weighted by Gasteiger charge is -2.34. The average Bonchev–Trinajstić information content (AvgIpc) is 2.14. The summed E-state index contributed by atoms with van der Waals surface area (Å²) in [6, 6.07) is 3.91. The van der Waals surface area contributed by atoms with E-state index in [2.05, 4.69) is 5.32 Å². The van der Waals surface area contributed by atoms with Gasteiger partial charge in [-0.05, 0) is 31.4 Å². The highest BCUT2D eigenvalue weighted by atomic mass is 19.1. The predicted molar refractivity (Wildman–Crippen MR) is 60.1 cm³/mol. The molecule has 0 saturated heterocycles. The molecule has 0 aromatic heterocycles. The summed E-state index contributed by atoms with van der Waals surface area (Å²) >= 11 is 0. The molecule has 0 heterocycles. The van der Waals surface area contributed by atoms with E-state index in [-0.39, 0.29) is 6.04 Å². The van der Waals surface area contributed by atoms with Gasteiger partial charge >= 0.3 is 0 Å². The van der Waals surface area contributed by atoms with E-state index in [0.717, 1.165) is 25.5 Å². The number of halogens is 2. The van der Waals surface area contributed by atoms with Crippen LogP contribution in [0.1, 0.15) is 37.8 Å². The molecule has 1 N–H and O–H groups in total. The summed E-state index contributed by atoms with van der Waals surface area (Å²) in [7, 11) is 0. The first-order valence-corrected chi connectivity index (χ1v) is 5.90. The first kappa shape index (κ1) is 11.5. The van der Waals surface area contributed by atoms with Crippen LogP contribution in [-0.4, -0.2) is 6.54 Å². The molecule has 1 aromatic carbocycles. The molecule has 0 amide bonds. The van der Waals surface area contributed by atoms with E-state index >= 15 is 0 Å². The zero-order valence-electron chi connectivity index (χ0n) is 9.47. The van der Waals surface area contributed by atoms with Crippen LogP contribution in [0.4, 0.5) is 8.78 Å². The number of nitrogens with one attached hydrogen (secondary N) is 1. The zero-order chi connectivity index (χ0) is 11.5. The topological polar surface area (TPSA) is 12.0 Å². The fourth-order valence-electron chi connectivity index (χ4n) is 2.28. The monoisotopic (exact) mass is 225 g/mol. The highest BCUT2D eigenvalue weighted by Gasteiger charge is 2.29. The fourth-order valence-corrected chi connectivity index (χ4v) is 2.28. The first-order chi connectivity index (χ1) is 7.72. The Morgan fingerprint density at radius 1 is 1.38 bits per heavy atom. The number of benzene rings is 1. The Hall–Kier alpha value is -0.960. The van der Waals surface area contributed by atoms with Crippen molar-refractivity contribution in [3.63, 3.8) is 0 Å². The van der Waals surface area contributed by atoms with E-state index < -0.39 is 11.6 Å². The molecule has 1 aliphatic rings. The molecule has 88 valence electrons. The van der Waals surface area contributed by atoms with Gasteiger partial charge in [-0.1, -0.05) is 19.4 Å². The van der Waals surface area contributed by atoms with Gasteiger partial charge in [0.05, 0.1) is 0 Å². The van der Waals surface area contributed by atoms with Gasteiger partial charge in [-0.3, -0.25) is 0 Å². The summed E-state index contributed by atoms with van der Waals surface area (Å²) in [5, 5.41) is 3.30. The van der Waals surface area contributed by atoms with E-state index in [1.807, 2.05) is 6.92 Å². The van der Waals surface area contributed by atoms with Crippen molar-refractivity contribution < 1.29 is 8.78 Å². The standard InChI is InChI=1S/C13H17F2N/c1-2-16-13(9-4-3-5-9)11-7-6-10(14)8-12(11)15/h6-9,13,16H,2-5H2,1H3. The third-order valence-electron chi connectivity index (χ3n) is 3.34. The van der Waals surface area contributed by atoms with E-state index in [1.165, 1.54) is 12.5 Å². The van der Waals surface area contributed by atoms with Gasteiger partial charge in [0, 0.05) is 17.7 Å². The number of hydrogen-bond donors (Lipinski definition) is 1. The van der Waals surface area contributed by atoms with Crippen molar-refractivity contribution >= 4 is 0 Å². The maximum atomic E-state index is 13.7. The molecule has 1 aromatic rings. The molecule has 1 aliphatic carbocycles. The Labute approximate surface area is 94.9 Å². The lowest BCUT2D eigenvalue weighted by Crippen LogP contribution is -2.32. The molecule has 2 rings (SSSR count). The average molecular weight is 225 g/mol. The summed E-state index contributed by atoms with van der Waals surface area (Å²) < 4.78 is 26.5. The minimum absolute atomic E-state index is 0.0411. The predicted octanol–water partition coefficient (Wildman–Crippen LogP) is 3.42. The maximum absolute atomic E-state index is 13.7. The van der Waals surface area contributed by atoms with Crippen LogP contribution in [0.2, 0.25) is 0 Å². The Balaban J connectivity index is 2.23. The Morgan fingerprint density at radius 3 is 2.62 bits per heavy atom. The molecule has 16 heavy (non-hydrogen) atoms. The molecule has 0 spiro atoms. The fraction of sp³-hybridized carbons (Fsp3) is 0.538. The number of rotatable bonds is 4. The quantitative estimate of drug-likeness (QED) is 0.828. The van der Waals surface area contributed by atoms with E-state index in [1.54, 1.807) is 6.07 Å². The SMILES string of the molecule is CCNC(c1ccc(F)cc1F)C1CCC1. The Morgan fingerprint density at radius 2 is 2.12 bits per heavy atom. The largest absolute Gasteiger partial charge is 0.310 e. The summed E-state index contributed by atoms with van der Waals surface area (Å²) in [5.74, 6) is -0.442. The molecular weight excluding hydrogens is 208 g/mol. The summed E-state index contributed by atoms with van der Waals surface area (Å²) in [5.41, 5.74) is 0.605. The minimum atomic E-state index is -0.509. The molecule has 3 heteroatoms. The van der Waals surface area contributed by atoms with Crippen LogP contribution in [0.5, 0.6) is 0 Å². The van der Waals surface area contributed by atoms with Gasteiger partial charge in [0.15, 0.2) is 0 Å². The van der Waals surface area contributed by atoms with Crippen molar-refractivity contribution in [1.29, 1.82) is 0 Å². The molecule has 0 radical (unpaired) electrons. The summed E-state index contributed by atoms with van der Waals surface area (Å²) in [4.78, 5) is 0. The third kappa shape index (κ3) is 2.24. The van der Waals surface area contributed by atoms with Gasteiger partial charge in [-0.25, -0.2) is 8.78 Å². The Kier molecular flexibility index (Phi) is 3.54. The van der Waals surface area contributed by atoms with Crippen molar-refractivity contribution in [2.75, 3.05) is 6.54 Å². The maximum Gasteiger partial charge on any atom is 0.130 e. The van der Waals surface area contributed by atoms with E-state index in [9.17, 15) is 8.78 Å². The van der Waals surface area contributed by atoms with Gasteiger partial charge in [0.25, 0.3) is 0 Å². The van der Waals surface area contributed by atoms with Gasteiger partial charge in [0.1, 0.15) is 11.6 Å². The van der Waals surface area contributed by atoms with Crippen LogP contribution in [0.15, 0.2) is 18.2 Å². The normalized spacial score (nSPS) is 18.2. The first-order valence-electron chi connectivity index (χ1n) is 5.90. The molecule has 1 saturated carbocycles. The molecule has 1 unspecified atom stereocenters. The summed E-state index contributed by atoms with van der Waals surface area (Å²) in [6.07, 6.45) is 3.48. The van der Waals surface area contributed by atoms with Crippen LogP contribution in [-0.2, 0) is 0 Å². The van der Waals surface area contributed by atoms with Crippen LogP contribution in [0, 0.1) is 17.6 Å².